The van der Waals surface area contributed by atoms with Gasteiger partial charge in [0.15, 0.2) is 5.82 Å². The minimum Gasteiger partial charge on any atom is -0.382 e. The Labute approximate surface area is 77.3 Å². The van der Waals surface area contributed by atoms with Gasteiger partial charge in [-0.1, -0.05) is 5.16 Å². The number of aromatic nitrogens is 2. The van der Waals surface area contributed by atoms with Crippen LogP contribution in [-0.4, -0.2) is 23.4 Å². The molecule has 5 nitrogen and oxygen atoms in total. The summed E-state index contributed by atoms with van der Waals surface area (Å²) in [4.78, 5) is 4.07. The van der Waals surface area contributed by atoms with Crippen molar-refractivity contribution in [2.45, 2.75) is 26.3 Å². The minimum absolute atomic E-state index is 0.328. The van der Waals surface area contributed by atoms with E-state index in [0.717, 1.165) is 26.1 Å². The van der Waals surface area contributed by atoms with E-state index in [1.807, 2.05) is 6.92 Å². The number of ether oxygens (including phenoxy) is 1. The second-order valence-corrected chi connectivity index (χ2v) is 2.61. The van der Waals surface area contributed by atoms with Crippen molar-refractivity contribution in [3.05, 3.63) is 11.7 Å². The lowest BCUT2D eigenvalue weighted by atomic mass is 10.3. The maximum atomic E-state index is 5.33. The molecule has 1 heterocycles. The third-order valence-electron chi connectivity index (χ3n) is 1.58. The molecule has 1 rings (SSSR count). The summed E-state index contributed by atoms with van der Waals surface area (Å²) in [5, 5.41) is 3.68. The van der Waals surface area contributed by atoms with Crippen molar-refractivity contribution < 1.29 is 9.26 Å². The van der Waals surface area contributed by atoms with E-state index in [1.165, 1.54) is 0 Å². The molecule has 74 valence electrons. The molecule has 0 atom stereocenters. The molecule has 0 unspecified atom stereocenters. The molecule has 0 fully saturated rings. The van der Waals surface area contributed by atoms with E-state index >= 15 is 0 Å². The molecule has 0 aliphatic heterocycles. The van der Waals surface area contributed by atoms with Gasteiger partial charge >= 0.3 is 0 Å². The average Bonchev–Trinajstić information content (AvgIpc) is 2.60. The Kier molecular flexibility index (Phi) is 4.42. The topological polar surface area (TPSA) is 74.2 Å². The van der Waals surface area contributed by atoms with Gasteiger partial charge in [-0.2, -0.15) is 4.98 Å². The van der Waals surface area contributed by atoms with Crippen LogP contribution in [0.5, 0.6) is 0 Å². The van der Waals surface area contributed by atoms with Gasteiger partial charge in [-0.15, -0.1) is 0 Å². The molecule has 0 radical (unpaired) electrons. The van der Waals surface area contributed by atoms with Crippen LogP contribution in [-0.2, 0) is 17.7 Å². The van der Waals surface area contributed by atoms with Crippen molar-refractivity contribution in [3.8, 4) is 0 Å². The van der Waals surface area contributed by atoms with Gasteiger partial charge in [-0.05, 0) is 13.3 Å². The van der Waals surface area contributed by atoms with Crippen LogP contribution in [0.3, 0.4) is 0 Å². The second kappa shape index (κ2) is 5.66. The minimum atomic E-state index is 0.328. The summed E-state index contributed by atoms with van der Waals surface area (Å²) >= 11 is 0. The first-order valence-electron chi connectivity index (χ1n) is 4.46. The summed E-state index contributed by atoms with van der Waals surface area (Å²) in [6, 6.07) is 0. The molecule has 0 saturated carbocycles. The first kappa shape index (κ1) is 10.1. The van der Waals surface area contributed by atoms with E-state index in [1.54, 1.807) is 0 Å². The highest BCUT2D eigenvalue weighted by Gasteiger charge is 2.03. The smallest absolute Gasteiger partial charge is 0.226 e. The van der Waals surface area contributed by atoms with Crippen molar-refractivity contribution in [1.82, 2.24) is 10.1 Å². The van der Waals surface area contributed by atoms with Gasteiger partial charge in [0, 0.05) is 19.6 Å². The normalized spacial score (nSPS) is 10.6. The number of nitrogens with two attached hydrogens (primary N) is 1. The Morgan fingerprint density at radius 1 is 1.54 bits per heavy atom. The molecule has 2 N–H and O–H groups in total. The van der Waals surface area contributed by atoms with Gasteiger partial charge in [0.25, 0.3) is 0 Å². The van der Waals surface area contributed by atoms with E-state index in [-0.39, 0.29) is 0 Å². The maximum absolute atomic E-state index is 5.33. The number of rotatable bonds is 6. The van der Waals surface area contributed by atoms with E-state index in [4.69, 9.17) is 15.0 Å². The van der Waals surface area contributed by atoms with Crippen LogP contribution in [0.25, 0.3) is 0 Å². The fourth-order valence-electron chi connectivity index (χ4n) is 0.944. The van der Waals surface area contributed by atoms with Crippen LogP contribution in [0.1, 0.15) is 25.1 Å². The summed E-state index contributed by atoms with van der Waals surface area (Å²) in [7, 11) is 0. The fourth-order valence-corrected chi connectivity index (χ4v) is 0.944. The molecule has 0 saturated heterocycles. The summed E-state index contributed by atoms with van der Waals surface area (Å²) in [6.07, 6.45) is 1.66. The highest BCUT2D eigenvalue weighted by atomic mass is 16.5. The summed E-state index contributed by atoms with van der Waals surface area (Å²) in [6.45, 7) is 3.78. The van der Waals surface area contributed by atoms with E-state index in [0.29, 0.717) is 18.3 Å². The van der Waals surface area contributed by atoms with Gasteiger partial charge in [-0.25, -0.2) is 0 Å². The Hall–Kier alpha value is -0.940. The Bertz CT molecular complexity index is 237. The van der Waals surface area contributed by atoms with Crippen molar-refractivity contribution >= 4 is 0 Å². The molecule has 0 aliphatic carbocycles. The third-order valence-corrected chi connectivity index (χ3v) is 1.58. The summed E-state index contributed by atoms with van der Waals surface area (Å²) < 4.78 is 10.1. The van der Waals surface area contributed by atoms with E-state index in [9.17, 15) is 0 Å². The lowest BCUT2D eigenvalue weighted by molar-refractivity contribution is 0.143. The van der Waals surface area contributed by atoms with Crippen LogP contribution in [0.15, 0.2) is 4.52 Å². The van der Waals surface area contributed by atoms with Crippen molar-refractivity contribution in [2.24, 2.45) is 5.73 Å². The quantitative estimate of drug-likeness (QED) is 0.653. The number of aryl methyl sites for hydroxylation is 1. The van der Waals surface area contributed by atoms with Crippen LogP contribution >= 0.6 is 0 Å². The molecule has 0 amide bonds. The molecule has 1 aromatic heterocycles. The fraction of sp³-hybridized carbons (Fsp3) is 0.750. The highest BCUT2D eigenvalue weighted by molar-refractivity contribution is 4.84. The summed E-state index contributed by atoms with van der Waals surface area (Å²) in [5.74, 6) is 1.20. The average molecular weight is 185 g/mol. The monoisotopic (exact) mass is 185 g/mol. The maximum Gasteiger partial charge on any atom is 0.226 e. The van der Waals surface area contributed by atoms with Crippen LogP contribution < -0.4 is 5.73 Å². The van der Waals surface area contributed by atoms with Gasteiger partial charge in [0.1, 0.15) is 0 Å². The summed E-state index contributed by atoms with van der Waals surface area (Å²) in [5.41, 5.74) is 5.33. The molecule has 1 aromatic rings. The Morgan fingerprint density at radius 3 is 3.00 bits per heavy atom. The first-order chi connectivity index (χ1) is 6.36. The standard InChI is InChI=1S/C8H15N3O2/c1-2-12-5-3-4-8-10-7(6-9)11-13-8/h2-6,9H2,1H3. The van der Waals surface area contributed by atoms with Crippen LogP contribution in [0.4, 0.5) is 0 Å². The van der Waals surface area contributed by atoms with Gasteiger partial charge in [0.05, 0.1) is 6.54 Å². The van der Waals surface area contributed by atoms with E-state index in [2.05, 4.69) is 10.1 Å². The van der Waals surface area contributed by atoms with E-state index < -0.39 is 0 Å². The SMILES string of the molecule is CCOCCCc1nc(CN)no1. The zero-order valence-corrected chi connectivity index (χ0v) is 7.82. The molecule has 0 bridgehead atoms. The molecule has 5 heteroatoms. The lowest BCUT2D eigenvalue weighted by Crippen LogP contribution is -1.99. The predicted molar refractivity (Wildman–Crippen MR) is 47.0 cm³/mol. The lowest BCUT2D eigenvalue weighted by Gasteiger charge is -1.96. The number of hydrogen-bond acceptors (Lipinski definition) is 5. The van der Waals surface area contributed by atoms with Crippen molar-refractivity contribution in [1.29, 1.82) is 0 Å². The van der Waals surface area contributed by atoms with Crippen LogP contribution in [0.2, 0.25) is 0 Å². The Balaban J connectivity index is 2.20. The predicted octanol–water partition coefficient (Wildman–Crippen LogP) is 0.497. The van der Waals surface area contributed by atoms with Gasteiger partial charge in [0.2, 0.25) is 5.89 Å². The zero-order valence-electron chi connectivity index (χ0n) is 7.82. The van der Waals surface area contributed by atoms with Crippen molar-refractivity contribution in [3.63, 3.8) is 0 Å². The molecule has 0 aromatic carbocycles. The highest BCUT2D eigenvalue weighted by Crippen LogP contribution is 2.00. The molecule has 0 aliphatic rings. The first-order valence-corrected chi connectivity index (χ1v) is 4.46. The third kappa shape index (κ3) is 3.52. The van der Waals surface area contributed by atoms with Crippen molar-refractivity contribution in [2.75, 3.05) is 13.2 Å². The number of nitrogens with zero attached hydrogens (tertiary/aromatic N) is 2. The largest absolute Gasteiger partial charge is 0.382 e. The van der Waals surface area contributed by atoms with Gasteiger partial charge in [-0.3, -0.25) is 0 Å². The van der Waals surface area contributed by atoms with Crippen LogP contribution in [0, 0.1) is 0 Å². The molecular weight excluding hydrogens is 170 g/mol. The molecule has 0 spiro atoms. The zero-order chi connectivity index (χ0) is 9.52. The molecule has 13 heavy (non-hydrogen) atoms. The second-order valence-electron chi connectivity index (χ2n) is 2.61. The number of hydrogen-bond donors (Lipinski definition) is 1. The molecular formula is C8H15N3O2. The van der Waals surface area contributed by atoms with Gasteiger partial charge < -0.3 is 15.0 Å². The Morgan fingerprint density at radius 2 is 2.38 bits per heavy atom.